The number of phenolic OH excluding ortho intramolecular Hbond substituents is 1. The van der Waals surface area contributed by atoms with Crippen molar-refractivity contribution in [3.63, 3.8) is 0 Å². The third kappa shape index (κ3) is 4.96. The van der Waals surface area contributed by atoms with Crippen molar-refractivity contribution in [1.29, 1.82) is 0 Å². The fourth-order valence-electron chi connectivity index (χ4n) is 2.91. The van der Waals surface area contributed by atoms with Gasteiger partial charge in [-0.05, 0) is 24.6 Å². The van der Waals surface area contributed by atoms with E-state index in [0.717, 1.165) is 56.5 Å². The summed E-state index contributed by atoms with van der Waals surface area (Å²) in [7, 11) is 0. The average molecular weight is 343 g/mol. The van der Waals surface area contributed by atoms with Crippen LogP contribution >= 0.6 is 0 Å². The van der Waals surface area contributed by atoms with Gasteiger partial charge in [0, 0.05) is 45.3 Å². The Morgan fingerprint density at radius 1 is 1.28 bits per heavy atom. The molecule has 0 unspecified atom stereocenters. The lowest BCUT2D eigenvalue weighted by atomic mass is 10.2. The highest BCUT2D eigenvalue weighted by Crippen LogP contribution is 2.12. The summed E-state index contributed by atoms with van der Waals surface area (Å²) < 4.78 is 4.90. The van der Waals surface area contributed by atoms with Crippen molar-refractivity contribution in [3.05, 3.63) is 47.9 Å². The number of phenols is 1. The monoisotopic (exact) mass is 343 g/mol. The molecule has 0 amide bonds. The van der Waals surface area contributed by atoms with Gasteiger partial charge in [0.1, 0.15) is 12.0 Å². The van der Waals surface area contributed by atoms with Crippen LogP contribution in [-0.2, 0) is 13.1 Å². The van der Waals surface area contributed by atoms with Gasteiger partial charge in [0.05, 0.1) is 12.2 Å². The number of aromatic nitrogens is 1. The van der Waals surface area contributed by atoms with E-state index in [0.29, 0.717) is 6.54 Å². The minimum absolute atomic E-state index is 0.277. The van der Waals surface area contributed by atoms with Crippen LogP contribution in [0.3, 0.4) is 0 Å². The number of rotatable bonds is 5. The fraction of sp³-hybridized carbons (Fsp3) is 0.444. The molecule has 3 rings (SSSR count). The van der Waals surface area contributed by atoms with Gasteiger partial charge in [0.15, 0.2) is 5.96 Å². The number of nitrogens with one attached hydrogen (secondary N) is 1. The summed E-state index contributed by atoms with van der Waals surface area (Å²) >= 11 is 0. The van der Waals surface area contributed by atoms with Gasteiger partial charge in [0.2, 0.25) is 0 Å². The number of aromatic hydroxyl groups is 1. The molecule has 0 bridgehead atoms. The van der Waals surface area contributed by atoms with Crippen molar-refractivity contribution < 1.29 is 9.63 Å². The molecule has 0 atom stereocenters. The molecule has 7 heteroatoms. The number of aliphatic imine (C=N–C) groups is 1. The van der Waals surface area contributed by atoms with Gasteiger partial charge in [-0.25, -0.2) is 4.99 Å². The van der Waals surface area contributed by atoms with Gasteiger partial charge >= 0.3 is 0 Å². The third-order valence-corrected chi connectivity index (χ3v) is 4.21. The van der Waals surface area contributed by atoms with Crippen molar-refractivity contribution in [2.45, 2.75) is 20.0 Å². The Labute approximate surface area is 147 Å². The molecule has 25 heavy (non-hydrogen) atoms. The number of guanidine groups is 1. The number of piperazine rings is 1. The van der Waals surface area contributed by atoms with Crippen LogP contribution in [-0.4, -0.2) is 58.7 Å². The number of benzene rings is 1. The second kappa shape index (κ2) is 8.53. The van der Waals surface area contributed by atoms with E-state index in [1.807, 2.05) is 18.2 Å². The first-order chi connectivity index (χ1) is 12.2. The smallest absolute Gasteiger partial charge is 0.194 e. The van der Waals surface area contributed by atoms with Gasteiger partial charge in [0.25, 0.3) is 0 Å². The Morgan fingerprint density at radius 2 is 2.12 bits per heavy atom. The Bertz CT molecular complexity index is 679. The molecule has 2 heterocycles. The molecule has 0 aliphatic carbocycles. The predicted octanol–water partition coefficient (Wildman–Crippen LogP) is 1.66. The molecule has 1 aliphatic heterocycles. The second-order valence-corrected chi connectivity index (χ2v) is 6.09. The van der Waals surface area contributed by atoms with E-state index < -0.39 is 0 Å². The number of hydrogen-bond acceptors (Lipinski definition) is 5. The van der Waals surface area contributed by atoms with Crippen LogP contribution in [0.25, 0.3) is 0 Å². The molecule has 1 fully saturated rings. The molecule has 1 saturated heterocycles. The zero-order chi connectivity index (χ0) is 17.5. The zero-order valence-electron chi connectivity index (χ0n) is 14.6. The Balaban J connectivity index is 1.56. The van der Waals surface area contributed by atoms with Gasteiger partial charge in [-0.1, -0.05) is 17.3 Å². The van der Waals surface area contributed by atoms with Crippen molar-refractivity contribution in [2.75, 3.05) is 32.7 Å². The first-order valence-corrected chi connectivity index (χ1v) is 8.67. The van der Waals surface area contributed by atoms with Crippen LogP contribution in [0, 0.1) is 0 Å². The molecule has 0 radical (unpaired) electrons. The SMILES string of the molecule is CCNC(=NCc1cccc(O)c1)N1CCN(Cc2ccon2)CC1. The highest BCUT2D eigenvalue weighted by atomic mass is 16.5. The summed E-state index contributed by atoms with van der Waals surface area (Å²) in [5.74, 6) is 1.20. The van der Waals surface area contributed by atoms with E-state index in [4.69, 9.17) is 9.52 Å². The molecular formula is C18H25N5O2. The molecule has 0 spiro atoms. The van der Waals surface area contributed by atoms with Crippen LogP contribution in [0.15, 0.2) is 46.1 Å². The topological polar surface area (TPSA) is 77.1 Å². The Hall–Kier alpha value is -2.54. The van der Waals surface area contributed by atoms with Gasteiger partial charge in [-0.2, -0.15) is 0 Å². The van der Waals surface area contributed by atoms with Crippen molar-refractivity contribution in [1.82, 2.24) is 20.3 Å². The second-order valence-electron chi connectivity index (χ2n) is 6.09. The first-order valence-electron chi connectivity index (χ1n) is 8.67. The van der Waals surface area contributed by atoms with Crippen LogP contribution in [0.2, 0.25) is 0 Å². The minimum Gasteiger partial charge on any atom is -0.508 e. The maximum absolute atomic E-state index is 9.57. The van der Waals surface area contributed by atoms with Crippen molar-refractivity contribution in [3.8, 4) is 5.75 Å². The Kier molecular flexibility index (Phi) is 5.90. The summed E-state index contributed by atoms with van der Waals surface area (Å²) in [6.07, 6.45) is 1.61. The normalized spacial score (nSPS) is 16.2. The standard InChI is InChI=1S/C18H25N5O2/c1-2-19-18(20-13-15-4-3-5-17(24)12-15)23-9-7-22(8-10-23)14-16-6-11-25-21-16/h3-6,11-12,24H,2,7-10,13-14H2,1H3,(H,19,20). The molecule has 1 aromatic heterocycles. The first kappa shape index (κ1) is 17.3. The lowest BCUT2D eigenvalue weighted by Crippen LogP contribution is -2.52. The quantitative estimate of drug-likeness (QED) is 0.635. The van der Waals surface area contributed by atoms with Gasteiger partial charge < -0.3 is 19.8 Å². The molecule has 1 aromatic carbocycles. The zero-order valence-corrected chi connectivity index (χ0v) is 14.6. The molecule has 134 valence electrons. The molecule has 1 aliphatic rings. The van der Waals surface area contributed by atoms with E-state index in [-0.39, 0.29) is 5.75 Å². The van der Waals surface area contributed by atoms with Gasteiger partial charge in [-0.15, -0.1) is 0 Å². The highest BCUT2D eigenvalue weighted by molar-refractivity contribution is 5.80. The van der Waals surface area contributed by atoms with E-state index in [2.05, 4.69) is 27.2 Å². The van der Waals surface area contributed by atoms with Crippen LogP contribution < -0.4 is 5.32 Å². The average Bonchev–Trinajstić information content (AvgIpc) is 3.12. The van der Waals surface area contributed by atoms with E-state index in [1.54, 1.807) is 18.4 Å². The largest absolute Gasteiger partial charge is 0.508 e. The van der Waals surface area contributed by atoms with Crippen LogP contribution in [0.4, 0.5) is 0 Å². The molecule has 2 aromatic rings. The maximum Gasteiger partial charge on any atom is 0.194 e. The molecule has 2 N–H and O–H groups in total. The number of hydrogen-bond donors (Lipinski definition) is 2. The van der Waals surface area contributed by atoms with Crippen molar-refractivity contribution in [2.24, 2.45) is 4.99 Å². The lowest BCUT2D eigenvalue weighted by Gasteiger charge is -2.36. The third-order valence-electron chi connectivity index (χ3n) is 4.21. The Morgan fingerprint density at radius 3 is 2.80 bits per heavy atom. The van der Waals surface area contributed by atoms with E-state index >= 15 is 0 Å². The summed E-state index contributed by atoms with van der Waals surface area (Å²) in [4.78, 5) is 9.38. The molecular weight excluding hydrogens is 318 g/mol. The highest BCUT2D eigenvalue weighted by Gasteiger charge is 2.20. The van der Waals surface area contributed by atoms with E-state index in [9.17, 15) is 5.11 Å². The molecule has 0 saturated carbocycles. The van der Waals surface area contributed by atoms with Crippen LogP contribution in [0.5, 0.6) is 5.75 Å². The maximum atomic E-state index is 9.57. The summed E-state index contributed by atoms with van der Waals surface area (Å²) in [5.41, 5.74) is 1.97. The van der Waals surface area contributed by atoms with E-state index in [1.165, 1.54) is 0 Å². The number of nitrogens with zero attached hydrogens (tertiary/aromatic N) is 4. The summed E-state index contributed by atoms with van der Waals surface area (Å²) in [5, 5.41) is 16.9. The lowest BCUT2D eigenvalue weighted by molar-refractivity contribution is 0.169. The van der Waals surface area contributed by atoms with Crippen molar-refractivity contribution >= 4 is 5.96 Å². The fourth-order valence-corrected chi connectivity index (χ4v) is 2.91. The summed E-state index contributed by atoms with van der Waals surface area (Å²) in [6.45, 7) is 8.04. The van der Waals surface area contributed by atoms with Crippen LogP contribution in [0.1, 0.15) is 18.2 Å². The summed E-state index contributed by atoms with van der Waals surface area (Å²) in [6, 6.07) is 9.15. The predicted molar refractivity (Wildman–Crippen MR) is 96.3 cm³/mol. The molecule has 7 nitrogen and oxygen atoms in total. The van der Waals surface area contributed by atoms with Gasteiger partial charge in [-0.3, -0.25) is 4.90 Å². The minimum atomic E-state index is 0.277.